The Bertz CT molecular complexity index is 828. The van der Waals surface area contributed by atoms with Gasteiger partial charge in [0.1, 0.15) is 0 Å². The van der Waals surface area contributed by atoms with E-state index in [-0.39, 0.29) is 0 Å². The molecule has 0 atom stereocenters. The van der Waals surface area contributed by atoms with Crippen molar-refractivity contribution in [1.29, 1.82) is 0 Å². The van der Waals surface area contributed by atoms with E-state index in [1.54, 1.807) is 37.2 Å². The van der Waals surface area contributed by atoms with Gasteiger partial charge in [0, 0.05) is 43.8 Å². The van der Waals surface area contributed by atoms with Gasteiger partial charge in [0.15, 0.2) is 0 Å². The Morgan fingerprint density at radius 3 is 2.53 bits per heavy atom. The summed E-state index contributed by atoms with van der Waals surface area (Å²) in [6.07, 6.45) is 10.6. The molecule has 1 aromatic heterocycles. The lowest BCUT2D eigenvalue weighted by Gasteiger charge is -2.14. The monoisotopic (exact) mass is 410 g/mol. The van der Waals surface area contributed by atoms with Gasteiger partial charge in [0.05, 0.1) is 5.70 Å². The summed E-state index contributed by atoms with van der Waals surface area (Å²) in [4.78, 5) is 17.2. The predicted molar refractivity (Wildman–Crippen MR) is 118 cm³/mol. The van der Waals surface area contributed by atoms with Crippen molar-refractivity contribution in [2.24, 2.45) is 11.6 Å². The Hall–Kier alpha value is -3.20. The lowest BCUT2D eigenvalue weighted by molar-refractivity contribution is -0.124. The number of nitrogens with two attached hydrogens (primary N) is 2. The zero-order valence-electron chi connectivity index (χ0n) is 17.2. The molecule has 8 nitrogen and oxygen atoms in total. The maximum atomic E-state index is 10.8. The van der Waals surface area contributed by atoms with Crippen LogP contribution in [0.2, 0.25) is 0 Å². The molecule has 30 heavy (non-hydrogen) atoms. The Kier molecular flexibility index (Phi) is 9.53. The molecule has 0 bridgehead atoms. The smallest absolute Gasteiger partial charge is 0.267 e. The summed E-state index contributed by atoms with van der Waals surface area (Å²) in [5.74, 6) is 4.87. The quantitative estimate of drug-likeness (QED) is 0.249. The third-order valence-electron chi connectivity index (χ3n) is 4.46. The van der Waals surface area contributed by atoms with Crippen molar-refractivity contribution in [3.05, 3.63) is 77.8 Å². The fourth-order valence-corrected chi connectivity index (χ4v) is 2.97. The Balaban J connectivity index is 0.000000232. The highest BCUT2D eigenvalue weighted by Crippen LogP contribution is 2.13. The number of amides is 1. The molecular weight excluding hydrogens is 380 g/mol. The molecule has 1 aromatic carbocycles. The number of benzene rings is 1. The summed E-state index contributed by atoms with van der Waals surface area (Å²) >= 11 is 0. The van der Waals surface area contributed by atoms with Crippen LogP contribution in [0.4, 0.5) is 0 Å². The first-order chi connectivity index (χ1) is 14.5. The fourth-order valence-electron chi connectivity index (χ4n) is 2.97. The van der Waals surface area contributed by atoms with Crippen LogP contribution in [-0.4, -0.2) is 46.1 Å². The van der Waals surface area contributed by atoms with E-state index in [2.05, 4.69) is 22.0 Å². The zero-order chi connectivity index (χ0) is 21.8. The first-order valence-corrected chi connectivity index (χ1v) is 9.76. The molecular formula is C22H30N6O2. The van der Waals surface area contributed by atoms with Crippen molar-refractivity contribution < 1.29 is 10.0 Å². The Morgan fingerprint density at radius 2 is 1.97 bits per heavy atom. The zero-order valence-corrected chi connectivity index (χ0v) is 17.2. The molecule has 0 unspecified atom stereocenters. The van der Waals surface area contributed by atoms with E-state index >= 15 is 0 Å². The normalized spacial score (nSPS) is 14.3. The van der Waals surface area contributed by atoms with Crippen LogP contribution in [-0.2, 0) is 11.3 Å². The third-order valence-corrected chi connectivity index (χ3v) is 4.46. The number of hydrazine groups is 1. The Morgan fingerprint density at radius 1 is 1.27 bits per heavy atom. The van der Waals surface area contributed by atoms with Gasteiger partial charge in [0.25, 0.3) is 5.91 Å². The van der Waals surface area contributed by atoms with Crippen molar-refractivity contribution in [2.45, 2.75) is 19.4 Å². The number of likely N-dealkylation sites (tertiary alicyclic amines) is 1. The number of carbonyl (C=O) groups is 1. The summed E-state index contributed by atoms with van der Waals surface area (Å²) in [5, 5.41) is 9.77. The van der Waals surface area contributed by atoms with Crippen molar-refractivity contribution in [2.75, 3.05) is 20.1 Å². The highest BCUT2D eigenvalue weighted by Gasteiger charge is 2.11. The van der Waals surface area contributed by atoms with Gasteiger partial charge in [-0.05, 0) is 55.3 Å². The van der Waals surface area contributed by atoms with Crippen LogP contribution >= 0.6 is 0 Å². The third kappa shape index (κ3) is 8.44. The molecule has 0 spiro atoms. The van der Waals surface area contributed by atoms with Gasteiger partial charge in [-0.15, -0.1) is 0 Å². The van der Waals surface area contributed by atoms with Gasteiger partial charge < -0.3 is 10.7 Å². The maximum Gasteiger partial charge on any atom is 0.267 e. The van der Waals surface area contributed by atoms with E-state index in [4.69, 9.17) is 16.8 Å². The standard InChI is InChI=1S/C14H18N2O2.C8H12N4/c17-14(15-18)8-7-12-3-5-13(6-4-12)11-16-9-1-2-10-16;1-12(10)6-8(9)7-3-2-4-11-5-7/h3-8,18H,1-2,9-11H2,(H,15,17);2-6H,9-10H2,1H3/b8-7+;8-6-. The molecule has 6 N–H and O–H groups in total. The topological polar surface area (TPSA) is 121 Å². The molecule has 2 heterocycles. The van der Waals surface area contributed by atoms with E-state index in [0.717, 1.165) is 17.7 Å². The van der Waals surface area contributed by atoms with E-state index in [1.807, 2.05) is 24.3 Å². The summed E-state index contributed by atoms with van der Waals surface area (Å²) in [5.41, 5.74) is 11.0. The van der Waals surface area contributed by atoms with Crippen LogP contribution in [0.5, 0.6) is 0 Å². The molecule has 2 aromatic rings. The molecule has 3 rings (SSSR count). The molecule has 1 amide bonds. The number of hydrogen-bond donors (Lipinski definition) is 4. The highest BCUT2D eigenvalue weighted by atomic mass is 16.5. The van der Waals surface area contributed by atoms with Crippen LogP contribution in [0.15, 0.2) is 61.1 Å². The average Bonchev–Trinajstić information content (AvgIpc) is 3.26. The van der Waals surface area contributed by atoms with E-state index in [0.29, 0.717) is 5.70 Å². The van der Waals surface area contributed by atoms with E-state index < -0.39 is 5.91 Å². The molecule has 160 valence electrons. The minimum Gasteiger partial charge on any atom is -0.397 e. The number of carbonyl (C=O) groups excluding carboxylic acids is 1. The Labute approximate surface area is 177 Å². The van der Waals surface area contributed by atoms with Gasteiger partial charge in [0.2, 0.25) is 0 Å². The molecule has 0 aliphatic carbocycles. The van der Waals surface area contributed by atoms with Gasteiger partial charge in [-0.2, -0.15) is 0 Å². The second kappa shape index (κ2) is 12.4. The predicted octanol–water partition coefficient (Wildman–Crippen LogP) is 1.95. The summed E-state index contributed by atoms with van der Waals surface area (Å²) in [6.45, 7) is 3.39. The number of rotatable bonds is 6. The second-order valence-electron chi connectivity index (χ2n) is 7.03. The van der Waals surface area contributed by atoms with Crippen molar-refractivity contribution in [1.82, 2.24) is 20.4 Å². The van der Waals surface area contributed by atoms with E-state index in [1.165, 1.54) is 42.6 Å². The van der Waals surface area contributed by atoms with Crippen LogP contribution in [0.25, 0.3) is 11.8 Å². The highest BCUT2D eigenvalue weighted by molar-refractivity contribution is 5.90. The van der Waals surface area contributed by atoms with Crippen molar-refractivity contribution >= 4 is 17.7 Å². The van der Waals surface area contributed by atoms with Gasteiger partial charge in [-0.25, -0.2) is 11.3 Å². The van der Waals surface area contributed by atoms with Gasteiger partial charge in [-0.1, -0.05) is 24.3 Å². The number of hydrogen-bond acceptors (Lipinski definition) is 7. The van der Waals surface area contributed by atoms with Crippen LogP contribution in [0.1, 0.15) is 29.5 Å². The summed E-state index contributed by atoms with van der Waals surface area (Å²) < 4.78 is 0. The van der Waals surface area contributed by atoms with Gasteiger partial charge >= 0.3 is 0 Å². The number of hydroxylamine groups is 1. The molecule has 0 saturated carbocycles. The minimum absolute atomic E-state index is 0.517. The number of pyridine rings is 1. The van der Waals surface area contributed by atoms with Crippen LogP contribution in [0.3, 0.4) is 0 Å². The van der Waals surface area contributed by atoms with Crippen LogP contribution < -0.4 is 17.1 Å². The average molecular weight is 411 g/mol. The number of nitrogens with one attached hydrogen (secondary N) is 1. The minimum atomic E-state index is -0.517. The SMILES string of the molecule is CN(N)/C=C(\N)c1cccnc1.O=C(/C=C/c1ccc(CN2CCCC2)cc1)NO. The van der Waals surface area contributed by atoms with Crippen molar-refractivity contribution in [3.63, 3.8) is 0 Å². The lowest BCUT2D eigenvalue weighted by Crippen LogP contribution is -2.20. The number of nitrogens with zero attached hydrogens (tertiary/aromatic N) is 3. The maximum absolute atomic E-state index is 10.8. The molecule has 0 radical (unpaired) electrons. The first-order valence-electron chi connectivity index (χ1n) is 9.76. The van der Waals surface area contributed by atoms with Crippen molar-refractivity contribution in [3.8, 4) is 0 Å². The lowest BCUT2D eigenvalue weighted by atomic mass is 10.1. The molecule has 1 saturated heterocycles. The largest absolute Gasteiger partial charge is 0.397 e. The van der Waals surface area contributed by atoms with Crippen LogP contribution in [0, 0.1) is 0 Å². The molecule has 1 aliphatic rings. The molecule has 1 fully saturated rings. The van der Waals surface area contributed by atoms with Gasteiger partial charge in [-0.3, -0.25) is 19.9 Å². The first kappa shape index (κ1) is 23.1. The second-order valence-corrected chi connectivity index (χ2v) is 7.03. The fraction of sp³-hybridized carbons (Fsp3) is 0.273. The molecule has 1 aliphatic heterocycles. The summed E-state index contributed by atoms with van der Waals surface area (Å²) in [6, 6.07) is 11.8. The molecule has 8 heteroatoms. The number of aromatic nitrogens is 1. The van der Waals surface area contributed by atoms with E-state index in [9.17, 15) is 4.79 Å². The summed E-state index contributed by atoms with van der Waals surface area (Å²) in [7, 11) is 1.71.